The van der Waals surface area contributed by atoms with Gasteiger partial charge in [0.15, 0.2) is 0 Å². The van der Waals surface area contributed by atoms with Crippen LogP contribution in [-0.2, 0) is 9.59 Å². The maximum atomic E-state index is 11.6. The second-order valence-electron chi connectivity index (χ2n) is 4.24. The summed E-state index contributed by atoms with van der Waals surface area (Å²) in [4.78, 5) is 24.4. The molecule has 0 aliphatic carbocycles. The van der Waals surface area contributed by atoms with Crippen LogP contribution in [0.1, 0.15) is 26.7 Å². The van der Waals surface area contributed by atoms with E-state index in [1.165, 1.54) is 0 Å². The molecule has 1 aliphatic heterocycles. The van der Waals surface area contributed by atoms with Crippen LogP contribution in [0, 0.1) is 11.8 Å². The lowest BCUT2D eigenvalue weighted by Crippen LogP contribution is -2.21. The van der Waals surface area contributed by atoms with Gasteiger partial charge < -0.3 is 4.90 Å². The summed E-state index contributed by atoms with van der Waals surface area (Å²) in [6, 6.07) is 0. The van der Waals surface area contributed by atoms with Gasteiger partial charge in [0.05, 0.1) is 0 Å². The third-order valence-electron chi connectivity index (χ3n) is 2.41. The fourth-order valence-electron chi connectivity index (χ4n) is 1.65. The van der Waals surface area contributed by atoms with E-state index in [1.807, 2.05) is 13.8 Å². The Morgan fingerprint density at radius 2 is 2.23 bits per heavy atom. The molecule has 1 heterocycles. The van der Waals surface area contributed by atoms with E-state index in [9.17, 15) is 9.59 Å². The fourth-order valence-corrected chi connectivity index (χ4v) is 1.65. The first-order valence-corrected chi connectivity index (χ1v) is 4.77. The first-order chi connectivity index (χ1) is 6.00. The van der Waals surface area contributed by atoms with Gasteiger partial charge in [0.2, 0.25) is 5.91 Å². The van der Waals surface area contributed by atoms with Crippen LogP contribution < -0.4 is 0 Å². The number of likely N-dealkylation sites (tertiary alicyclic amines) is 1. The molecule has 13 heavy (non-hydrogen) atoms. The van der Waals surface area contributed by atoms with Crippen molar-refractivity contribution >= 4 is 11.7 Å². The number of amides is 1. The Bertz CT molecular complexity index is 223. The summed E-state index contributed by atoms with van der Waals surface area (Å²) < 4.78 is 0. The van der Waals surface area contributed by atoms with Crippen molar-refractivity contribution in [1.82, 2.24) is 4.90 Å². The highest BCUT2D eigenvalue weighted by Gasteiger charge is 2.31. The smallest absolute Gasteiger partial charge is 0.223 e. The van der Waals surface area contributed by atoms with Gasteiger partial charge in [0.1, 0.15) is 5.78 Å². The Balaban J connectivity index is 2.46. The molecule has 0 spiro atoms. The van der Waals surface area contributed by atoms with Gasteiger partial charge in [0.25, 0.3) is 0 Å². The van der Waals surface area contributed by atoms with Crippen molar-refractivity contribution in [1.29, 1.82) is 0 Å². The lowest BCUT2D eigenvalue weighted by molar-refractivity contribution is -0.127. The summed E-state index contributed by atoms with van der Waals surface area (Å²) >= 11 is 0. The molecule has 0 aromatic carbocycles. The number of rotatable bonds is 3. The molecule has 0 aromatic rings. The van der Waals surface area contributed by atoms with Gasteiger partial charge in [0, 0.05) is 32.4 Å². The summed E-state index contributed by atoms with van der Waals surface area (Å²) in [6.07, 6.45) is 1.02. The topological polar surface area (TPSA) is 37.4 Å². The Kier molecular flexibility index (Phi) is 3.07. The number of Topliss-reactive ketones (excluding diaryl/α,β-unsaturated/α-hetero) is 1. The third kappa shape index (κ3) is 2.54. The van der Waals surface area contributed by atoms with Crippen molar-refractivity contribution in [2.75, 3.05) is 13.6 Å². The summed E-state index contributed by atoms with van der Waals surface area (Å²) in [6.45, 7) is 4.67. The Morgan fingerprint density at radius 1 is 1.62 bits per heavy atom. The number of carbonyl (C=O) groups excluding carboxylic acids is 2. The van der Waals surface area contributed by atoms with E-state index in [0.29, 0.717) is 25.3 Å². The Labute approximate surface area is 79.1 Å². The average molecular weight is 183 g/mol. The minimum Gasteiger partial charge on any atom is -0.345 e. The predicted molar refractivity (Wildman–Crippen MR) is 50.2 cm³/mol. The van der Waals surface area contributed by atoms with E-state index < -0.39 is 0 Å². The van der Waals surface area contributed by atoms with Gasteiger partial charge in [-0.2, -0.15) is 0 Å². The quantitative estimate of drug-likeness (QED) is 0.656. The first kappa shape index (κ1) is 10.2. The van der Waals surface area contributed by atoms with Crippen LogP contribution in [0.3, 0.4) is 0 Å². The van der Waals surface area contributed by atoms with Gasteiger partial charge in [-0.05, 0) is 5.92 Å². The van der Waals surface area contributed by atoms with Crippen molar-refractivity contribution in [3.8, 4) is 0 Å². The molecule has 0 radical (unpaired) electrons. The SMILES string of the molecule is CC(C)CC(=O)C1CC(=O)N(C)C1. The molecule has 3 nitrogen and oxygen atoms in total. The van der Waals surface area contributed by atoms with Gasteiger partial charge in [-0.25, -0.2) is 0 Å². The summed E-state index contributed by atoms with van der Waals surface area (Å²) in [7, 11) is 1.75. The van der Waals surface area contributed by atoms with E-state index >= 15 is 0 Å². The summed E-state index contributed by atoms with van der Waals surface area (Å²) in [5.41, 5.74) is 0. The van der Waals surface area contributed by atoms with Gasteiger partial charge in [-0.3, -0.25) is 9.59 Å². The first-order valence-electron chi connectivity index (χ1n) is 4.77. The standard InChI is InChI=1S/C10H17NO2/c1-7(2)4-9(12)8-5-10(13)11(3)6-8/h7-8H,4-6H2,1-3H3. The van der Waals surface area contributed by atoms with Gasteiger partial charge in [-0.15, -0.1) is 0 Å². The van der Waals surface area contributed by atoms with E-state index in [2.05, 4.69) is 0 Å². The Hall–Kier alpha value is -0.860. The average Bonchev–Trinajstić information content (AvgIpc) is 2.31. The van der Waals surface area contributed by atoms with Gasteiger partial charge >= 0.3 is 0 Å². The second kappa shape index (κ2) is 3.90. The highest BCUT2D eigenvalue weighted by atomic mass is 16.2. The van der Waals surface area contributed by atoms with E-state index in [-0.39, 0.29) is 17.6 Å². The molecule has 1 amide bonds. The molecule has 0 bridgehead atoms. The van der Waals surface area contributed by atoms with Crippen LogP contribution in [0.5, 0.6) is 0 Å². The minimum absolute atomic E-state index is 0.0418. The van der Waals surface area contributed by atoms with Crippen molar-refractivity contribution in [3.63, 3.8) is 0 Å². The molecular weight excluding hydrogens is 166 g/mol. The third-order valence-corrected chi connectivity index (χ3v) is 2.41. The van der Waals surface area contributed by atoms with Crippen LogP contribution >= 0.6 is 0 Å². The monoisotopic (exact) mass is 183 g/mol. The van der Waals surface area contributed by atoms with E-state index in [0.717, 1.165) is 0 Å². The highest BCUT2D eigenvalue weighted by molar-refractivity contribution is 5.90. The molecule has 3 heteroatoms. The summed E-state index contributed by atoms with van der Waals surface area (Å²) in [5, 5.41) is 0. The van der Waals surface area contributed by atoms with Crippen molar-refractivity contribution < 1.29 is 9.59 Å². The number of hydrogen-bond acceptors (Lipinski definition) is 2. The highest BCUT2D eigenvalue weighted by Crippen LogP contribution is 2.19. The number of hydrogen-bond donors (Lipinski definition) is 0. The zero-order valence-corrected chi connectivity index (χ0v) is 8.54. The minimum atomic E-state index is -0.0418. The predicted octanol–water partition coefficient (Wildman–Crippen LogP) is 1.08. The largest absolute Gasteiger partial charge is 0.345 e. The maximum Gasteiger partial charge on any atom is 0.223 e. The van der Waals surface area contributed by atoms with Crippen LogP contribution in [0.15, 0.2) is 0 Å². The molecule has 74 valence electrons. The van der Waals surface area contributed by atoms with E-state index in [1.54, 1.807) is 11.9 Å². The van der Waals surface area contributed by atoms with E-state index in [4.69, 9.17) is 0 Å². The number of nitrogens with zero attached hydrogens (tertiary/aromatic N) is 1. The number of ketones is 1. The molecule has 1 unspecified atom stereocenters. The zero-order valence-electron chi connectivity index (χ0n) is 8.54. The molecule has 0 saturated carbocycles. The molecule has 1 aliphatic rings. The van der Waals surface area contributed by atoms with Crippen LogP contribution in [0.2, 0.25) is 0 Å². The molecule has 1 rings (SSSR count). The molecule has 1 atom stereocenters. The lowest BCUT2D eigenvalue weighted by atomic mass is 9.96. The Morgan fingerprint density at radius 3 is 2.62 bits per heavy atom. The zero-order chi connectivity index (χ0) is 10.0. The summed E-state index contributed by atoms with van der Waals surface area (Å²) in [5.74, 6) is 0.697. The van der Waals surface area contributed by atoms with Crippen molar-refractivity contribution in [2.45, 2.75) is 26.7 Å². The molecular formula is C10H17NO2. The normalized spacial score (nSPS) is 22.9. The van der Waals surface area contributed by atoms with Crippen LogP contribution in [0.4, 0.5) is 0 Å². The van der Waals surface area contributed by atoms with Gasteiger partial charge in [-0.1, -0.05) is 13.8 Å². The second-order valence-corrected chi connectivity index (χ2v) is 4.24. The van der Waals surface area contributed by atoms with Crippen molar-refractivity contribution in [3.05, 3.63) is 0 Å². The fraction of sp³-hybridized carbons (Fsp3) is 0.800. The van der Waals surface area contributed by atoms with Crippen LogP contribution in [0.25, 0.3) is 0 Å². The lowest BCUT2D eigenvalue weighted by Gasteiger charge is -2.10. The van der Waals surface area contributed by atoms with Crippen molar-refractivity contribution in [2.24, 2.45) is 11.8 Å². The maximum absolute atomic E-state index is 11.6. The molecule has 0 aromatic heterocycles. The number of carbonyl (C=O) groups is 2. The molecule has 1 fully saturated rings. The molecule has 0 N–H and O–H groups in total. The molecule has 1 saturated heterocycles. The van der Waals surface area contributed by atoms with Crippen LogP contribution in [-0.4, -0.2) is 30.2 Å².